The molecule has 1 aromatic rings. The van der Waals surface area contributed by atoms with Crippen LogP contribution >= 0.6 is 0 Å². The van der Waals surface area contributed by atoms with Gasteiger partial charge in [-0.2, -0.15) is 0 Å². The van der Waals surface area contributed by atoms with Crippen molar-refractivity contribution >= 4 is 17.8 Å². The maximum absolute atomic E-state index is 13.4. The lowest BCUT2D eigenvalue weighted by Gasteiger charge is -2.36. The summed E-state index contributed by atoms with van der Waals surface area (Å²) in [6, 6.07) is 2.71. The van der Waals surface area contributed by atoms with E-state index in [4.69, 9.17) is 4.42 Å². The van der Waals surface area contributed by atoms with E-state index in [1.165, 1.54) is 11.2 Å². The predicted octanol–water partition coefficient (Wildman–Crippen LogP) is 2.34. The Balaban J connectivity index is 1.80. The van der Waals surface area contributed by atoms with Crippen molar-refractivity contribution in [3.8, 4) is 0 Å². The number of imide groups is 1. The predicted molar refractivity (Wildman–Crippen MR) is 95.5 cm³/mol. The fraction of sp³-hybridized carbons (Fsp3) is 0.650. The van der Waals surface area contributed by atoms with Crippen LogP contribution in [0.4, 0.5) is 0 Å². The van der Waals surface area contributed by atoms with E-state index < -0.39 is 29.4 Å². The van der Waals surface area contributed by atoms with E-state index in [0.717, 1.165) is 32.1 Å². The number of hydrogen-bond acceptors (Lipinski definition) is 5. The molecule has 146 valence electrons. The molecule has 2 saturated heterocycles. The third kappa shape index (κ3) is 2.47. The van der Waals surface area contributed by atoms with Gasteiger partial charge in [-0.05, 0) is 30.9 Å². The Hall–Kier alpha value is -2.15. The molecular weight excluding hydrogens is 348 g/mol. The molecule has 0 aromatic carbocycles. The second-order valence-electron chi connectivity index (χ2n) is 8.31. The van der Waals surface area contributed by atoms with Gasteiger partial charge in [0.25, 0.3) is 0 Å². The van der Waals surface area contributed by atoms with Gasteiger partial charge in [-0.3, -0.25) is 24.6 Å². The van der Waals surface area contributed by atoms with Crippen LogP contribution in [0.1, 0.15) is 57.8 Å². The zero-order valence-electron chi connectivity index (χ0n) is 15.7. The van der Waals surface area contributed by atoms with E-state index in [0.29, 0.717) is 5.76 Å². The lowest BCUT2D eigenvalue weighted by Crippen LogP contribution is -2.59. The Morgan fingerprint density at radius 1 is 1.26 bits per heavy atom. The maximum Gasteiger partial charge on any atom is 0.325 e. The molecule has 2 amide bonds. The summed E-state index contributed by atoms with van der Waals surface area (Å²) in [5.74, 6) is -3.22. The normalized spacial score (nSPS) is 34.5. The lowest BCUT2D eigenvalue weighted by atomic mass is 9.73. The number of carbonyl (C=O) groups is 3. The number of nitrogens with zero attached hydrogens (tertiary/aromatic N) is 1. The Bertz CT molecular complexity index is 752. The van der Waals surface area contributed by atoms with Crippen molar-refractivity contribution in [1.82, 2.24) is 10.2 Å². The first-order chi connectivity index (χ1) is 12.9. The molecule has 0 spiro atoms. The lowest BCUT2D eigenvalue weighted by molar-refractivity contribution is -0.154. The summed E-state index contributed by atoms with van der Waals surface area (Å²) < 4.78 is 5.51. The highest BCUT2D eigenvalue weighted by Gasteiger charge is 2.70. The van der Waals surface area contributed by atoms with E-state index in [1.54, 1.807) is 26.0 Å². The van der Waals surface area contributed by atoms with Crippen LogP contribution in [-0.4, -0.2) is 39.4 Å². The van der Waals surface area contributed by atoms with Crippen molar-refractivity contribution in [3.63, 3.8) is 0 Å². The molecule has 1 saturated carbocycles. The number of rotatable bonds is 4. The minimum atomic E-state index is -1.49. The van der Waals surface area contributed by atoms with Gasteiger partial charge in [0, 0.05) is 6.04 Å². The third-order valence-corrected chi connectivity index (χ3v) is 6.68. The molecule has 27 heavy (non-hydrogen) atoms. The molecule has 0 bridgehead atoms. The first-order valence-corrected chi connectivity index (χ1v) is 9.81. The van der Waals surface area contributed by atoms with Crippen LogP contribution in [0.15, 0.2) is 22.8 Å². The van der Waals surface area contributed by atoms with Gasteiger partial charge in [0.2, 0.25) is 11.8 Å². The first-order valence-electron chi connectivity index (χ1n) is 9.81. The Morgan fingerprint density at radius 3 is 2.52 bits per heavy atom. The van der Waals surface area contributed by atoms with Crippen LogP contribution in [0.5, 0.6) is 0 Å². The summed E-state index contributed by atoms with van der Waals surface area (Å²) in [6.07, 6.45) is 6.20. The number of carboxylic acids is 1. The molecule has 2 N–H and O–H groups in total. The van der Waals surface area contributed by atoms with E-state index >= 15 is 0 Å². The Morgan fingerprint density at radius 2 is 1.96 bits per heavy atom. The van der Waals surface area contributed by atoms with Crippen molar-refractivity contribution in [1.29, 1.82) is 0 Å². The molecule has 3 heterocycles. The first kappa shape index (κ1) is 18.2. The van der Waals surface area contributed by atoms with Crippen LogP contribution in [-0.2, 0) is 14.4 Å². The third-order valence-electron chi connectivity index (χ3n) is 6.68. The molecule has 3 fully saturated rings. The summed E-state index contributed by atoms with van der Waals surface area (Å²) in [5, 5.41) is 13.3. The largest absolute Gasteiger partial charge is 0.480 e. The van der Waals surface area contributed by atoms with Gasteiger partial charge in [0.1, 0.15) is 11.3 Å². The second kappa shape index (κ2) is 6.48. The second-order valence-corrected chi connectivity index (χ2v) is 8.31. The molecule has 2 aliphatic heterocycles. The molecule has 1 aromatic heterocycles. The summed E-state index contributed by atoms with van der Waals surface area (Å²) >= 11 is 0. The van der Waals surface area contributed by atoms with Crippen molar-refractivity contribution < 1.29 is 23.9 Å². The van der Waals surface area contributed by atoms with Gasteiger partial charge < -0.3 is 9.52 Å². The standard InChI is InChI=1S/C20H26N2O5/c1-11(2)20(19(25)26)15-14(16(21-20)13-9-6-10-27-13)17(23)22(18(15)24)12-7-4-3-5-8-12/h6,9-12,14-16,21H,3-5,7-8H2,1-2H3,(H,25,26). The molecule has 3 aliphatic rings. The van der Waals surface area contributed by atoms with Gasteiger partial charge in [0.05, 0.1) is 24.1 Å². The molecule has 4 atom stereocenters. The van der Waals surface area contributed by atoms with Gasteiger partial charge in [-0.1, -0.05) is 33.1 Å². The summed E-state index contributed by atoms with van der Waals surface area (Å²) in [7, 11) is 0. The zero-order valence-corrected chi connectivity index (χ0v) is 15.7. The van der Waals surface area contributed by atoms with Gasteiger partial charge in [-0.15, -0.1) is 0 Å². The molecule has 1 aliphatic carbocycles. The van der Waals surface area contributed by atoms with Crippen molar-refractivity contribution in [2.45, 2.75) is 63.6 Å². The van der Waals surface area contributed by atoms with E-state index in [-0.39, 0.29) is 23.8 Å². The molecule has 7 nitrogen and oxygen atoms in total. The van der Waals surface area contributed by atoms with Gasteiger partial charge in [0.15, 0.2) is 0 Å². The average Bonchev–Trinajstić information content (AvgIpc) is 3.33. The average molecular weight is 374 g/mol. The van der Waals surface area contributed by atoms with Crippen molar-refractivity contribution in [2.75, 3.05) is 0 Å². The molecule has 4 unspecified atom stereocenters. The summed E-state index contributed by atoms with van der Waals surface area (Å²) in [5.41, 5.74) is -1.49. The maximum atomic E-state index is 13.4. The number of nitrogens with one attached hydrogen (secondary N) is 1. The smallest absolute Gasteiger partial charge is 0.325 e. The number of amides is 2. The van der Waals surface area contributed by atoms with Crippen LogP contribution in [0, 0.1) is 17.8 Å². The SMILES string of the molecule is CC(C)C1(C(=O)O)NC(c2ccco2)C2C(=O)N(C3CCCCC3)C(=O)C21. The highest BCUT2D eigenvalue weighted by molar-refractivity contribution is 6.09. The van der Waals surface area contributed by atoms with E-state index in [9.17, 15) is 19.5 Å². The van der Waals surface area contributed by atoms with E-state index in [1.807, 2.05) is 0 Å². The molecule has 4 rings (SSSR count). The minimum absolute atomic E-state index is 0.111. The topological polar surface area (TPSA) is 99.8 Å². The number of aliphatic carboxylic acids is 1. The minimum Gasteiger partial charge on any atom is -0.480 e. The molecule has 0 radical (unpaired) electrons. The molecular formula is C20H26N2O5. The van der Waals surface area contributed by atoms with Crippen LogP contribution in [0.2, 0.25) is 0 Å². The van der Waals surface area contributed by atoms with Gasteiger partial charge >= 0.3 is 5.97 Å². The highest BCUT2D eigenvalue weighted by Crippen LogP contribution is 2.52. The van der Waals surface area contributed by atoms with Crippen LogP contribution < -0.4 is 5.32 Å². The zero-order chi connectivity index (χ0) is 19.3. The number of furan rings is 1. The fourth-order valence-electron chi connectivity index (χ4n) is 5.35. The summed E-state index contributed by atoms with van der Waals surface area (Å²) in [4.78, 5) is 40.6. The quantitative estimate of drug-likeness (QED) is 0.785. The van der Waals surface area contributed by atoms with Crippen LogP contribution in [0.3, 0.4) is 0 Å². The molecule has 7 heteroatoms. The van der Waals surface area contributed by atoms with Crippen molar-refractivity contribution in [3.05, 3.63) is 24.2 Å². The Labute approximate surface area is 158 Å². The number of carboxylic acid groups (broad SMARTS) is 1. The summed E-state index contributed by atoms with van der Waals surface area (Å²) in [6.45, 7) is 3.56. The van der Waals surface area contributed by atoms with Crippen molar-refractivity contribution in [2.24, 2.45) is 17.8 Å². The van der Waals surface area contributed by atoms with E-state index in [2.05, 4.69) is 5.32 Å². The monoisotopic (exact) mass is 374 g/mol. The fourth-order valence-corrected chi connectivity index (χ4v) is 5.35. The Kier molecular flexibility index (Phi) is 4.37. The number of carbonyl (C=O) groups excluding carboxylic acids is 2. The number of fused-ring (bicyclic) bond motifs is 1. The number of likely N-dealkylation sites (tertiary alicyclic amines) is 1. The highest BCUT2D eigenvalue weighted by atomic mass is 16.4. The number of hydrogen-bond donors (Lipinski definition) is 2. The van der Waals surface area contributed by atoms with Gasteiger partial charge in [-0.25, -0.2) is 0 Å². The van der Waals surface area contributed by atoms with Crippen LogP contribution in [0.25, 0.3) is 0 Å².